The molecule has 0 aromatic heterocycles. The normalized spacial score (nSPS) is 46.9. The molecule has 1 heteroatoms. The fraction of sp³-hybridized carbons (Fsp3) is 1.00. The van der Waals surface area contributed by atoms with Gasteiger partial charge in [-0.2, -0.15) is 0 Å². The van der Waals surface area contributed by atoms with Crippen molar-refractivity contribution in [1.29, 1.82) is 0 Å². The lowest BCUT2D eigenvalue weighted by atomic mass is 9.67. The standard InChI is InChI=1S/C21H39N/c1-5-15-8-6-7-9-17-19(15)20(17)21(22)18-12-16(13(2)3)11-10-14(18)4/h13-21H,5-12,22H2,1-4H3. The maximum absolute atomic E-state index is 6.93. The van der Waals surface area contributed by atoms with Crippen LogP contribution >= 0.6 is 0 Å². The minimum Gasteiger partial charge on any atom is -0.327 e. The van der Waals surface area contributed by atoms with Gasteiger partial charge < -0.3 is 5.73 Å². The van der Waals surface area contributed by atoms with Crippen LogP contribution in [-0.4, -0.2) is 6.04 Å². The second-order valence-corrected chi connectivity index (χ2v) is 9.31. The van der Waals surface area contributed by atoms with E-state index in [1.165, 1.54) is 51.4 Å². The van der Waals surface area contributed by atoms with E-state index >= 15 is 0 Å². The van der Waals surface area contributed by atoms with E-state index in [9.17, 15) is 0 Å². The summed E-state index contributed by atoms with van der Waals surface area (Å²) in [5, 5.41) is 0. The quantitative estimate of drug-likeness (QED) is 0.730. The lowest BCUT2D eigenvalue weighted by Gasteiger charge is -2.40. The molecule has 0 aliphatic heterocycles. The average Bonchev–Trinajstić information content (AvgIpc) is 3.22. The van der Waals surface area contributed by atoms with Gasteiger partial charge in [0.2, 0.25) is 0 Å². The van der Waals surface area contributed by atoms with Crippen LogP contribution in [0.4, 0.5) is 0 Å². The van der Waals surface area contributed by atoms with Gasteiger partial charge in [0.05, 0.1) is 0 Å². The molecule has 2 N–H and O–H groups in total. The molecule has 0 spiro atoms. The topological polar surface area (TPSA) is 26.0 Å². The fourth-order valence-corrected chi connectivity index (χ4v) is 6.29. The van der Waals surface area contributed by atoms with Crippen LogP contribution in [0.5, 0.6) is 0 Å². The van der Waals surface area contributed by atoms with Gasteiger partial charge in [0.15, 0.2) is 0 Å². The lowest BCUT2D eigenvalue weighted by Crippen LogP contribution is -2.41. The van der Waals surface area contributed by atoms with Gasteiger partial charge in [-0.05, 0) is 66.6 Å². The van der Waals surface area contributed by atoms with E-state index in [0.717, 1.165) is 47.3 Å². The molecule has 0 aromatic rings. The van der Waals surface area contributed by atoms with Crippen molar-refractivity contribution >= 4 is 0 Å². The Morgan fingerprint density at radius 1 is 1.05 bits per heavy atom. The van der Waals surface area contributed by atoms with E-state index < -0.39 is 0 Å². The number of rotatable bonds is 4. The van der Waals surface area contributed by atoms with E-state index in [1.807, 2.05) is 0 Å². The van der Waals surface area contributed by atoms with E-state index in [0.29, 0.717) is 6.04 Å². The molecule has 3 aliphatic rings. The second kappa shape index (κ2) is 6.83. The van der Waals surface area contributed by atoms with E-state index in [2.05, 4.69) is 27.7 Å². The zero-order valence-corrected chi connectivity index (χ0v) is 15.4. The maximum atomic E-state index is 6.93. The van der Waals surface area contributed by atoms with Crippen molar-refractivity contribution in [3.8, 4) is 0 Å². The van der Waals surface area contributed by atoms with E-state index in [-0.39, 0.29) is 0 Å². The summed E-state index contributed by atoms with van der Waals surface area (Å²) in [5.41, 5.74) is 6.93. The van der Waals surface area contributed by atoms with Crippen LogP contribution in [0.2, 0.25) is 0 Å². The van der Waals surface area contributed by atoms with Gasteiger partial charge in [-0.15, -0.1) is 0 Å². The zero-order valence-electron chi connectivity index (χ0n) is 15.4. The molecule has 128 valence electrons. The Bertz CT molecular complexity index is 363. The molecule has 8 unspecified atom stereocenters. The molecular formula is C21H39N. The van der Waals surface area contributed by atoms with Crippen molar-refractivity contribution < 1.29 is 0 Å². The van der Waals surface area contributed by atoms with Gasteiger partial charge in [0.1, 0.15) is 0 Å². The molecule has 0 aromatic carbocycles. The smallest absolute Gasteiger partial charge is 0.0104 e. The first-order chi connectivity index (χ1) is 10.5. The van der Waals surface area contributed by atoms with Crippen molar-refractivity contribution in [1.82, 2.24) is 0 Å². The van der Waals surface area contributed by atoms with Crippen LogP contribution in [0.1, 0.15) is 79.1 Å². The molecule has 1 nitrogen and oxygen atoms in total. The average molecular weight is 306 g/mol. The van der Waals surface area contributed by atoms with Gasteiger partial charge >= 0.3 is 0 Å². The molecular weight excluding hydrogens is 266 g/mol. The Morgan fingerprint density at radius 2 is 1.77 bits per heavy atom. The van der Waals surface area contributed by atoms with Gasteiger partial charge in [-0.3, -0.25) is 0 Å². The molecule has 0 radical (unpaired) electrons. The van der Waals surface area contributed by atoms with Crippen LogP contribution in [-0.2, 0) is 0 Å². The molecule has 22 heavy (non-hydrogen) atoms. The highest BCUT2D eigenvalue weighted by Crippen LogP contribution is 2.60. The molecule has 0 amide bonds. The number of fused-ring (bicyclic) bond motifs is 1. The fourth-order valence-electron chi connectivity index (χ4n) is 6.29. The molecule has 3 saturated carbocycles. The third-order valence-corrected chi connectivity index (χ3v) is 7.90. The second-order valence-electron chi connectivity index (χ2n) is 9.31. The number of nitrogens with two attached hydrogens (primary N) is 1. The number of hydrogen-bond donors (Lipinski definition) is 1. The summed E-state index contributed by atoms with van der Waals surface area (Å²) in [7, 11) is 0. The van der Waals surface area contributed by atoms with Gasteiger partial charge in [-0.1, -0.05) is 59.8 Å². The summed E-state index contributed by atoms with van der Waals surface area (Å²) in [5.74, 6) is 7.29. The third kappa shape index (κ3) is 3.12. The highest BCUT2D eigenvalue weighted by atomic mass is 14.8. The van der Waals surface area contributed by atoms with Crippen LogP contribution < -0.4 is 5.73 Å². The predicted molar refractivity (Wildman–Crippen MR) is 95.5 cm³/mol. The minimum absolute atomic E-state index is 0.499. The summed E-state index contributed by atoms with van der Waals surface area (Å²) in [6.45, 7) is 9.72. The Hall–Kier alpha value is -0.0400. The monoisotopic (exact) mass is 305 g/mol. The molecule has 3 rings (SSSR count). The first-order valence-corrected chi connectivity index (χ1v) is 10.3. The largest absolute Gasteiger partial charge is 0.327 e. The van der Waals surface area contributed by atoms with Crippen molar-refractivity contribution in [2.75, 3.05) is 0 Å². The van der Waals surface area contributed by atoms with Crippen LogP contribution in [0, 0.1) is 47.3 Å². The third-order valence-electron chi connectivity index (χ3n) is 7.90. The van der Waals surface area contributed by atoms with Crippen molar-refractivity contribution in [3.05, 3.63) is 0 Å². The first kappa shape index (κ1) is 16.8. The summed E-state index contributed by atoms with van der Waals surface area (Å²) >= 11 is 0. The highest BCUT2D eigenvalue weighted by molar-refractivity contribution is 5.08. The molecule has 3 fully saturated rings. The molecule has 0 saturated heterocycles. The predicted octanol–water partition coefficient (Wildman–Crippen LogP) is 5.48. The highest BCUT2D eigenvalue weighted by Gasteiger charge is 2.57. The summed E-state index contributed by atoms with van der Waals surface area (Å²) < 4.78 is 0. The zero-order chi connectivity index (χ0) is 15.9. The van der Waals surface area contributed by atoms with Crippen LogP contribution in [0.3, 0.4) is 0 Å². The molecule has 8 atom stereocenters. The van der Waals surface area contributed by atoms with Gasteiger partial charge in [-0.25, -0.2) is 0 Å². The molecule has 0 heterocycles. The molecule has 0 bridgehead atoms. The summed E-state index contributed by atoms with van der Waals surface area (Å²) in [6.07, 6.45) is 11.6. The first-order valence-electron chi connectivity index (χ1n) is 10.3. The Morgan fingerprint density at radius 3 is 2.45 bits per heavy atom. The SMILES string of the molecule is CCC1CCCCC2C1C2C(N)C1CC(C(C)C)CCC1C. The molecule has 3 aliphatic carbocycles. The van der Waals surface area contributed by atoms with Crippen LogP contribution in [0.15, 0.2) is 0 Å². The summed E-state index contributed by atoms with van der Waals surface area (Å²) in [4.78, 5) is 0. The van der Waals surface area contributed by atoms with Gasteiger partial charge in [0, 0.05) is 6.04 Å². The minimum atomic E-state index is 0.499. The van der Waals surface area contributed by atoms with Crippen LogP contribution in [0.25, 0.3) is 0 Å². The van der Waals surface area contributed by atoms with Crippen molar-refractivity contribution in [2.45, 2.75) is 85.1 Å². The van der Waals surface area contributed by atoms with E-state index in [1.54, 1.807) is 0 Å². The van der Waals surface area contributed by atoms with Crippen molar-refractivity contribution in [2.24, 2.45) is 53.1 Å². The van der Waals surface area contributed by atoms with Crippen molar-refractivity contribution in [3.63, 3.8) is 0 Å². The Labute approximate surface area is 138 Å². The lowest BCUT2D eigenvalue weighted by molar-refractivity contribution is 0.123. The Kier molecular flexibility index (Phi) is 5.22. The maximum Gasteiger partial charge on any atom is 0.0104 e. The Balaban J connectivity index is 1.67. The van der Waals surface area contributed by atoms with Gasteiger partial charge in [0.25, 0.3) is 0 Å². The van der Waals surface area contributed by atoms with E-state index in [4.69, 9.17) is 5.73 Å². The summed E-state index contributed by atoms with van der Waals surface area (Å²) in [6, 6.07) is 0.499. The number of hydrogen-bond acceptors (Lipinski definition) is 1.